The van der Waals surface area contributed by atoms with Gasteiger partial charge in [-0.1, -0.05) is 0 Å². The van der Waals surface area contributed by atoms with Gasteiger partial charge in [-0.3, -0.25) is 0 Å². The Hall–Kier alpha value is -1.54. The summed E-state index contributed by atoms with van der Waals surface area (Å²) in [5, 5.41) is 5.82. The molecule has 0 atom stereocenters. The van der Waals surface area contributed by atoms with Crippen LogP contribution in [0.25, 0.3) is 0 Å². The van der Waals surface area contributed by atoms with Crippen LogP contribution in [0, 0.1) is 0 Å². The SMILES string of the molecule is C=C[I-]/C=C\C(=NC)NC(=O)Nc1cc(Cl)ccc1OC. The predicted octanol–water partition coefficient (Wildman–Crippen LogP) is 0.245. The maximum atomic E-state index is 11.9. The van der Waals surface area contributed by atoms with Crippen molar-refractivity contribution in [3.05, 3.63) is 44.0 Å². The molecule has 2 N–H and O–H groups in total. The van der Waals surface area contributed by atoms with Crippen LogP contribution in [0.2, 0.25) is 5.02 Å². The summed E-state index contributed by atoms with van der Waals surface area (Å²) in [6.45, 7) is 3.66. The summed E-state index contributed by atoms with van der Waals surface area (Å²) in [7, 11) is 3.12. The van der Waals surface area contributed by atoms with Crippen molar-refractivity contribution in [2.45, 2.75) is 0 Å². The first-order valence-corrected chi connectivity index (χ1v) is 8.75. The number of methoxy groups -OCH3 is 1. The van der Waals surface area contributed by atoms with Gasteiger partial charge in [0.05, 0.1) is 0 Å². The summed E-state index contributed by atoms with van der Waals surface area (Å²) in [4.78, 5) is 15.9. The number of rotatable bonds is 5. The normalized spacial score (nSPS) is 11.5. The van der Waals surface area contributed by atoms with Crippen molar-refractivity contribution in [1.29, 1.82) is 0 Å². The molecule has 0 aliphatic carbocycles. The zero-order valence-electron chi connectivity index (χ0n) is 11.7. The Morgan fingerprint density at radius 1 is 1.52 bits per heavy atom. The number of nitrogens with zero attached hydrogens (tertiary/aromatic N) is 1. The fourth-order valence-electron chi connectivity index (χ4n) is 1.37. The van der Waals surface area contributed by atoms with Crippen LogP contribution < -0.4 is 36.6 Å². The van der Waals surface area contributed by atoms with E-state index in [4.69, 9.17) is 16.3 Å². The summed E-state index contributed by atoms with van der Waals surface area (Å²) in [6, 6.07) is 4.56. The van der Waals surface area contributed by atoms with Gasteiger partial charge >= 0.3 is 139 Å². The van der Waals surface area contributed by atoms with Crippen molar-refractivity contribution in [2.75, 3.05) is 19.5 Å². The Morgan fingerprint density at radius 2 is 2.29 bits per heavy atom. The molecule has 1 aromatic carbocycles. The first kappa shape index (κ1) is 17.5. The summed E-state index contributed by atoms with van der Waals surface area (Å²) in [5.74, 6) is 0.993. The summed E-state index contributed by atoms with van der Waals surface area (Å²) >= 11 is 5.70. The third-order valence-corrected chi connectivity index (χ3v) is 3.79. The number of ether oxygens (including phenoxy) is 1. The number of amides is 2. The second kappa shape index (κ2) is 9.41. The number of halogens is 2. The van der Waals surface area contributed by atoms with Gasteiger partial charge in [0.25, 0.3) is 0 Å². The third-order valence-electron chi connectivity index (χ3n) is 2.27. The van der Waals surface area contributed by atoms with Crippen molar-refractivity contribution in [3.63, 3.8) is 0 Å². The molecule has 0 saturated heterocycles. The van der Waals surface area contributed by atoms with E-state index in [1.807, 2.05) is 8.17 Å². The van der Waals surface area contributed by atoms with Gasteiger partial charge < -0.3 is 0 Å². The molecule has 0 aliphatic heterocycles. The number of hydrogen-bond donors (Lipinski definition) is 2. The number of anilines is 1. The second-order valence-electron chi connectivity index (χ2n) is 3.61. The van der Waals surface area contributed by atoms with E-state index in [0.29, 0.717) is 22.3 Å². The number of nitrogens with one attached hydrogen (secondary N) is 2. The number of benzene rings is 1. The number of amidine groups is 1. The zero-order valence-corrected chi connectivity index (χ0v) is 14.6. The molecule has 0 saturated carbocycles. The van der Waals surface area contributed by atoms with E-state index < -0.39 is 6.03 Å². The van der Waals surface area contributed by atoms with Gasteiger partial charge in [-0.2, -0.15) is 0 Å². The molecule has 21 heavy (non-hydrogen) atoms. The molecule has 5 nitrogen and oxygen atoms in total. The van der Waals surface area contributed by atoms with Gasteiger partial charge in [0.1, 0.15) is 0 Å². The Morgan fingerprint density at radius 3 is 2.90 bits per heavy atom. The van der Waals surface area contributed by atoms with E-state index in [1.54, 1.807) is 31.3 Å². The van der Waals surface area contributed by atoms with Crippen LogP contribution in [0.3, 0.4) is 0 Å². The van der Waals surface area contributed by atoms with Gasteiger partial charge in [-0.15, -0.1) is 0 Å². The average molecular weight is 421 g/mol. The first-order chi connectivity index (χ1) is 10.1. The second-order valence-corrected chi connectivity index (χ2v) is 6.36. The maximum absolute atomic E-state index is 11.9. The number of carbonyl (C=O) groups excluding carboxylic acids is 1. The van der Waals surface area contributed by atoms with Crippen LogP contribution in [0.5, 0.6) is 5.75 Å². The monoisotopic (exact) mass is 420 g/mol. The molecule has 7 heteroatoms. The van der Waals surface area contributed by atoms with Crippen LogP contribution in [-0.4, -0.2) is 26.0 Å². The Labute approximate surface area is 139 Å². The standard InChI is InChI=1S/C14H16ClIN3O2/c1-4-16-8-7-13(17-2)19-14(20)18-11-9-10(15)5-6-12(11)21-3/h4-9H,1H2,2-3H3,(H2,17,18,19,20)/q-1/b8-7-. The number of carbonyl (C=O) groups is 1. The van der Waals surface area contributed by atoms with Crippen molar-refractivity contribution >= 4 is 29.2 Å². The van der Waals surface area contributed by atoms with Crippen LogP contribution in [0.4, 0.5) is 10.5 Å². The molecule has 0 fully saturated rings. The average Bonchev–Trinajstić information content (AvgIpc) is 2.46. The molecule has 0 spiro atoms. The molecule has 114 valence electrons. The summed E-state index contributed by atoms with van der Waals surface area (Å²) in [5.41, 5.74) is 0.487. The Bertz CT molecular complexity index is 573. The van der Waals surface area contributed by atoms with Crippen molar-refractivity contribution in [2.24, 2.45) is 4.99 Å². The number of aliphatic imine (C=N–C) groups is 1. The summed E-state index contributed by atoms with van der Waals surface area (Å²) < 4.78 is 8.97. The third kappa shape index (κ3) is 6.17. The quantitative estimate of drug-likeness (QED) is 0.407. The van der Waals surface area contributed by atoms with Gasteiger partial charge in [-0.05, 0) is 0 Å². The molecule has 1 rings (SSSR count). The molecule has 1 aromatic rings. The van der Waals surface area contributed by atoms with E-state index in [9.17, 15) is 4.79 Å². The fraction of sp³-hybridized carbons (Fsp3) is 0.143. The molecule has 0 bridgehead atoms. The number of urea groups is 1. The van der Waals surface area contributed by atoms with Crippen LogP contribution in [0.15, 0.2) is 44.0 Å². The van der Waals surface area contributed by atoms with E-state index in [0.717, 1.165) is 0 Å². The molecule has 0 aliphatic rings. The van der Waals surface area contributed by atoms with Crippen LogP contribution in [0.1, 0.15) is 0 Å². The molecule has 0 aromatic heterocycles. The predicted molar refractivity (Wildman–Crippen MR) is 82.9 cm³/mol. The molecule has 0 unspecified atom stereocenters. The van der Waals surface area contributed by atoms with Crippen molar-refractivity contribution in [1.82, 2.24) is 5.32 Å². The number of hydrogen-bond acceptors (Lipinski definition) is 3. The molecule has 2 amide bonds. The van der Waals surface area contributed by atoms with Gasteiger partial charge in [-0.25, -0.2) is 0 Å². The van der Waals surface area contributed by atoms with Gasteiger partial charge in [0, 0.05) is 0 Å². The van der Waals surface area contributed by atoms with E-state index in [-0.39, 0.29) is 21.2 Å². The molecule has 0 radical (unpaired) electrons. The Balaban J connectivity index is 2.73. The summed E-state index contributed by atoms with van der Waals surface area (Å²) in [6.07, 6.45) is 1.75. The van der Waals surface area contributed by atoms with Crippen molar-refractivity contribution < 1.29 is 30.7 Å². The van der Waals surface area contributed by atoms with Gasteiger partial charge in [0.2, 0.25) is 0 Å². The molecule has 0 heterocycles. The minimum atomic E-state index is -0.419. The van der Waals surface area contributed by atoms with Crippen LogP contribution >= 0.6 is 11.6 Å². The topological polar surface area (TPSA) is 62.7 Å². The van der Waals surface area contributed by atoms with Crippen molar-refractivity contribution in [3.8, 4) is 5.75 Å². The fourth-order valence-corrected chi connectivity index (χ4v) is 2.38. The van der Waals surface area contributed by atoms with Gasteiger partial charge in [0.15, 0.2) is 0 Å². The Kier molecular flexibility index (Phi) is 7.84. The first-order valence-electron chi connectivity index (χ1n) is 5.88. The van der Waals surface area contributed by atoms with E-state index in [1.165, 1.54) is 7.11 Å². The minimum absolute atomic E-state index is 0.206. The molecular formula is C14H16ClIN3O2-. The van der Waals surface area contributed by atoms with Crippen LogP contribution in [-0.2, 0) is 0 Å². The zero-order chi connectivity index (χ0) is 15.7. The van der Waals surface area contributed by atoms with E-state index >= 15 is 0 Å². The molecular weight excluding hydrogens is 405 g/mol. The van der Waals surface area contributed by atoms with E-state index in [2.05, 4.69) is 22.2 Å².